The van der Waals surface area contributed by atoms with Crippen molar-refractivity contribution < 1.29 is 9.21 Å². The van der Waals surface area contributed by atoms with E-state index >= 15 is 0 Å². The average molecular weight is 343 g/mol. The zero-order chi connectivity index (χ0) is 17.3. The zero-order valence-corrected chi connectivity index (χ0v) is 14.5. The van der Waals surface area contributed by atoms with Crippen molar-refractivity contribution >= 4 is 33.3 Å². The van der Waals surface area contributed by atoms with Gasteiger partial charge in [0.2, 0.25) is 5.13 Å². The predicted octanol–water partition coefficient (Wildman–Crippen LogP) is 3.47. The van der Waals surface area contributed by atoms with Crippen LogP contribution in [0.1, 0.15) is 40.0 Å². The van der Waals surface area contributed by atoms with E-state index in [9.17, 15) is 9.59 Å². The maximum atomic E-state index is 12.4. The Hall–Kier alpha value is -2.54. The molecular formula is C17H17N3O3S. The van der Waals surface area contributed by atoms with Gasteiger partial charge in [0.15, 0.2) is 11.2 Å². The maximum Gasteiger partial charge on any atom is 0.293 e. The van der Waals surface area contributed by atoms with E-state index in [1.165, 1.54) is 17.4 Å². The molecule has 0 aliphatic heterocycles. The number of carbonyl (C=O) groups is 1. The molecule has 7 heteroatoms. The summed E-state index contributed by atoms with van der Waals surface area (Å²) in [5, 5.41) is 12.3. The fourth-order valence-electron chi connectivity index (χ4n) is 2.50. The fraction of sp³-hybridized carbons (Fsp3) is 0.294. The third-order valence-electron chi connectivity index (χ3n) is 3.53. The molecule has 2 aromatic heterocycles. The molecule has 0 atom stereocenters. The van der Waals surface area contributed by atoms with Crippen LogP contribution in [0.25, 0.3) is 11.0 Å². The van der Waals surface area contributed by atoms with E-state index in [4.69, 9.17) is 4.42 Å². The van der Waals surface area contributed by atoms with Crippen LogP contribution in [0.5, 0.6) is 0 Å². The number of nitrogens with zero attached hydrogens (tertiary/aromatic N) is 2. The first-order chi connectivity index (χ1) is 11.5. The summed E-state index contributed by atoms with van der Waals surface area (Å²) in [6.07, 6.45) is 1.78. The molecule has 124 valence electrons. The Morgan fingerprint density at radius 3 is 2.79 bits per heavy atom. The van der Waals surface area contributed by atoms with E-state index in [2.05, 4.69) is 15.5 Å². The summed E-state index contributed by atoms with van der Waals surface area (Å²) in [7, 11) is 0. The van der Waals surface area contributed by atoms with Crippen molar-refractivity contribution in [2.45, 2.75) is 33.6 Å². The number of aromatic nitrogens is 2. The molecular weight excluding hydrogens is 326 g/mol. The Bertz CT molecular complexity index is 975. The van der Waals surface area contributed by atoms with Gasteiger partial charge >= 0.3 is 0 Å². The first kappa shape index (κ1) is 16.3. The molecule has 0 radical (unpaired) electrons. The number of amides is 1. The maximum absolute atomic E-state index is 12.4. The number of nitrogens with one attached hydrogen (secondary N) is 1. The Morgan fingerprint density at radius 1 is 1.25 bits per heavy atom. The molecule has 0 saturated heterocycles. The Morgan fingerprint density at radius 2 is 2.04 bits per heavy atom. The van der Waals surface area contributed by atoms with Crippen LogP contribution in [-0.4, -0.2) is 16.1 Å². The summed E-state index contributed by atoms with van der Waals surface area (Å²) < 4.78 is 5.66. The van der Waals surface area contributed by atoms with E-state index in [1.807, 2.05) is 26.8 Å². The minimum Gasteiger partial charge on any atom is -0.450 e. The van der Waals surface area contributed by atoms with Crippen molar-refractivity contribution in [1.29, 1.82) is 0 Å². The highest BCUT2D eigenvalue weighted by atomic mass is 32.1. The monoisotopic (exact) mass is 343 g/mol. The van der Waals surface area contributed by atoms with Crippen molar-refractivity contribution in [3.05, 3.63) is 50.3 Å². The second kappa shape index (κ2) is 6.52. The Labute approximate surface area is 142 Å². The topological polar surface area (TPSA) is 85.1 Å². The van der Waals surface area contributed by atoms with Crippen LogP contribution in [0.4, 0.5) is 5.13 Å². The minimum absolute atomic E-state index is 0.0355. The van der Waals surface area contributed by atoms with Crippen LogP contribution >= 0.6 is 11.3 Å². The van der Waals surface area contributed by atoms with E-state index in [-0.39, 0.29) is 11.2 Å². The average Bonchev–Trinajstić information content (AvgIpc) is 2.95. The molecule has 1 amide bonds. The predicted molar refractivity (Wildman–Crippen MR) is 93.8 cm³/mol. The van der Waals surface area contributed by atoms with Crippen LogP contribution in [0, 0.1) is 13.8 Å². The van der Waals surface area contributed by atoms with E-state index in [1.54, 1.807) is 6.07 Å². The summed E-state index contributed by atoms with van der Waals surface area (Å²) in [5.41, 5.74) is 1.99. The molecule has 6 nitrogen and oxygen atoms in total. The van der Waals surface area contributed by atoms with Gasteiger partial charge in [0.1, 0.15) is 10.6 Å². The van der Waals surface area contributed by atoms with Gasteiger partial charge in [-0.05, 0) is 37.5 Å². The summed E-state index contributed by atoms with van der Waals surface area (Å²) >= 11 is 1.32. The van der Waals surface area contributed by atoms with E-state index in [0.717, 1.165) is 29.0 Å². The highest BCUT2D eigenvalue weighted by Crippen LogP contribution is 2.21. The molecule has 0 saturated carbocycles. The number of rotatable bonds is 4. The van der Waals surface area contributed by atoms with Crippen molar-refractivity contribution in [2.75, 3.05) is 5.32 Å². The lowest BCUT2D eigenvalue weighted by molar-refractivity contribution is 0.0997. The van der Waals surface area contributed by atoms with Gasteiger partial charge in [-0.15, -0.1) is 10.2 Å². The van der Waals surface area contributed by atoms with Crippen LogP contribution < -0.4 is 10.7 Å². The summed E-state index contributed by atoms with van der Waals surface area (Å²) in [6, 6.07) is 4.89. The van der Waals surface area contributed by atoms with Crippen LogP contribution in [0.2, 0.25) is 0 Å². The van der Waals surface area contributed by atoms with E-state index in [0.29, 0.717) is 16.1 Å². The summed E-state index contributed by atoms with van der Waals surface area (Å²) in [5.74, 6) is -0.542. The number of hydrogen-bond donors (Lipinski definition) is 1. The third-order valence-corrected chi connectivity index (χ3v) is 4.43. The van der Waals surface area contributed by atoms with E-state index < -0.39 is 5.91 Å². The number of aryl methyl sites for hydroxylation is 3. The van der Waals surface area contributed by atoms with Gasteiger partial charge in [-0.1, -0.05) is 24.3 Å². The van der Waals surface area contributed by atoms with Crippen molar-refractivity contribution in [3.8, 4) is 0 Å². The minimum atomic E-state index is -0.506. The van der Waals surface area contributed by atoms with Gasteiger partial charge in [0.05, 0.1) is 5.39 Å². The number of anilines is 1. The second-order valence-electron chi connectivity index (χ2n) is 5.64. The largest absolute Gasteiger partial charge is 0.450 e. The van der Waals surface area contributed by atoms with Gasteiger partial charge in [-0.2, -0.15) is 0 Å². The fourth-order valence-corrected chi connectivity index (χ4v) is 3.34. The van der Waals surface area contributed by atoms with Crippen LogP contribution in [-0.2, 0) is 6.42 Å². The SMILES string of the molecule is CCCc1nnc(NC(=O)c2cc(=O)c3cc(C)cc(C)c3o2)s1. The van der Waals surface area contributed by atoms with Gasteiger partial charge in [-0.3, -0.25) is 14.9 Å². The highest BCUT2D eigenvalue weighted by Gasteiger charge is 2.16. The standard InChI is InChI=1S/C17H17N3O3S/c1-4-5-14-19-20-17(24-14)18-16(22)13-8-12(21)11-7-9(2)6-10(3)15(11)23-13/h6-8H,4-5H2,1-3H3,(H,18,20,22). The Kier molecular flexibility index (Phi) is 4.44. The number of hydrogen-bond acceptors (Lipinski definition) is 6. The number of benzene rings is 1. The molecule has 24 heavy (non-hydrogen) atoms. The molecule has 0 bridgehead atoms. The molecule has 2 heterocycles. The first-order valence-electron chi connectivity index (χ1n) is 7.66. The summed E-state index contributed by atoms with van der Waals surface area (Å²) in [4.78, 5) is 24.6. The first-order valence-corrected chi connectivity index (χ1v) is 8.48. The number of fused-ring (bicyclic) bond motifs is 1. The second-order valence-corrected chi connectivity index (χ2v) is 6.70. The van der Waals surface area contributed by atoms with Crippen molar-refractivity contribution in [2.24, 2.45) is 0 Å². The van der Waals surface area contributed by atoms with Crippen LogP contribution in [0.15, 0.2) is 27.4 Å². The normalized spacial score (nSPS) is 11.0. The van der Waals surface area contributed by atoms with Gasteiger partial charge < -0.3 is 4.42 Å². The molecule has 3 rings (SSSR count). The molecule has 3 aromatic rings. The number of carbonyl (C=O) groups excluding carboxylic acids is 1. The Balaban J connectivity index is 1.93. The molecule has 1 N–H and O–H groups in total. The van der Waals surface area contributed by atoms with Gasteiger partial charge in [-0.25, -0.2) is 0 Å². The molecule has 1 aromatic carbocycles. The zero-order valence-electron chi connectivity index (χ0n) is 13.7. The molecule has 0 aliphatic rings. The molecule has 0 spiro atoms. The van der Waals surface area contributed by atoms with Crippen LogP contribution in [0.3, 0.4) is 0 Å². The molecule has 0 aliphatic carbocycles. The lowest BCUT2D eigenvalue weighted by Gasteiger charge is -2.06. The highest BCUT2D eigenvalue weighted by molar-refractivity contribution is 7.15. The smallest absolute Gasteiger partial charge is 0.293 e. The lowest BCUT2D eigenvalue weighted by atomic mass is 10.1. The quantitative estimate of drug-likeness (QED) is 0.784. The third kappa shape index (κ3) is 3.21. The lowest BCUT2D eigenvalue weighted by Crippen LogP contribution is -2.15. The molecule has 0 fully saturated rings. The van der Waals surface area contributed by atoms with Crippen molar-refractivity contribution in [3.63, 3.8) is 0 Å². The molecule has 0 unspecified atom stereocenters. The van der Waals surface area contributed by atoms with Crippen molar-refractivity contribution in [1.82, 2.24) is 10.2 Å². The van der Waals surface area contributed by atoms with Gasteiger partial charge in [0, 0.05) is 12.5 Å². The summed E-state index contributed by atoms with van der Waals surface area (Å²) in [6.45, 7) is 5.81. The van der Waals surface area contributed by atoms with Gasteiger partial charge in [0.25, 0.3) is 5.91 Å².